The first-order valence-corrected chi connectivity index (χ1v) is 10.1. The molecule has 2 amide bonds. The zero-order chi connectivity index (χ0) is 21.3. The molecule has 30 heavy (non-hydrogen) atoms. The molecule has 3 aromatic carbocycles. The Morgan fingerprint density at radius 3 is 2.20 bits per heavy atom. The Balaban J connectivity index is 1.51. The topological polar surface area (TPSA) is 87.7 Å². The van der Waals surface area contributed by atoms with Gasteiger partial charge in [0.2, 0.25) is 0 Å². The van der Waals surface area contributed by atoms with E-state index < -0.39 is 0 Å². The van der Waals surface area contributed by atoms with E-state index in [0.29, 0.717) is 23.5 Å². The summed E-state index contributed by atoms with van der Waals surface area (Å²) in [7, 11) is 0. The molecule has 0 saturated heterocycles. The van der Waals surface area contributed by atoms with Gasteiger partial charge in [0.05, 0.1) is 5.56 Å². The van der Waals surface area contributed by atoms with Crippen molar-refractivity contribution in [2.45, 2.75) is 6.61 Å². The van der Waals surface area contributed by atoms with Gasteiger partial charge in [-0.1, -0.05) is 46.3 Å². The number of rotatable bonds is 8. The summed E-state index contributed by atoms with van der Waals surface area (Å²) >= 11 is 3.49. The number of hydrogen-bond acceptors (Lipinski definition) is 4. The lowest BCUT2D eigenvalue weighted by Crippen LogP contribution is -2.34. The Kier molecular flexibility index (Phi) is 7.45. The summed E-state index contributed by atoms with van der Waals surface area (Å²) in [5.41, 5.74) is 1.84. The Bertz CT molecular complexity index is 1020. The molecule has 0 heterocycles. The van der Waals surface area contributed by atoms with Crippen LogP contribution in [0.3, 0.4) is 0 Å². The summed E-state index contributed by atoms with van der Waals surface area (Å²) in [5, 5.41) is 14.8. The molecule has 7 heteroatoms. The summed E-state index contributed by atoms with van der Waals surface area (Å²) in [6.07, 6.45) is 0. The van der Waals surface area contributed by atoms with Crippen molar-refractivity contribution in [2.75, 3.05) is 13.1 Å². The molecule has 0 fully saturated rings. The van der Waals surface area contributed by atoms with Gasteiger partial charge in [-0.3, -0.25) is 9.59 Å². The Labute approximate surface area is 183 Å². The number of aromatic hydroxyl groups is 1. The van der Waals surface area contributed by atoms with Gasteiger partial charge < -0.3 is 20.5 Å². The molecular formula is C23H21BrN2O4. The van der Waals surface area contributed by atoms with Crippen LogP contribution in [0.4, 0.5) is 0 Å². The van der Waals surface area contributed by atoms with Crippen molar-refractivity contribution in [3.63, 3.8) is 0 Å². The maximum absolute atomic E-state index is 12.6. The lowest BCUT2D eigenvalue weighted by atomic mass is 10.2. The van der Waals surface area contributed by atoms with Crippen molar-refractivity contribution in [3.8, 4) is 11.5 Å². The number of benzene rings is 3. The number of para-hydroxylation sites is 1. The highest BCUT2D eigenvalue weighted by Crippen LogP contribution is 2.22. The van der Waals surface area contributed by atoms with Crippen molar-refractivity contribution < 1.29 is 19.4 Å². The third kappa shape index (κ3) is 5.84. The third-order valence-electron chi connectivity index (χ3n) is 4.30. The summed E-state index contributed by atoms with van der Waals surface area (Å²) in [6, 6.07) is 20.7. The van der Waals surface area contributed by atoms with Gasteiger partial charge in [-0.05, 0) is 42.5 Å². The molecule has 0 unspecified atom stereocenters. The monoisotopic (exact) mass is 468 g/mol. The molecule has 0 saturated carbocycles. The summed E-state index contributed by atoms with van der Waals surface area (Å²) in [5.74, 6) is 0.0243. The number of ether oxygens (including phenoxy) is 1. The molecule has 0 atom stereocenters. The fourth-order valence-electron chi connectivity index (χ4n) is 2.71. The minimum absolute atomic E-state index is 0.0966. The van der Waals surface area contributed by atoms with E-state index >= 15 is 0 Å². The van der Waals surface area contributed by atoms with Crippen molar-refractivity contribution in [1.29, 1.82) is 0 Å². The SMILES string of the molecule is O=C(NCCNC(=O)c1ccccc1OCc1ccccc1Br)c1ccc(O)cc1. The first-order valence-electron chi connectivity index (χ1n) is 9.35. The lowest BCUT2D eigenvalue weighted by molar-refractivity contribution is 0.0925. The molecule has 0 spiro atoms. The largest absolute Gasteiger partial charge is 0.508 e. The normalized spacial score (nSPS) is 10.3. The minimum atomic E-state index is -0.281. The molecule has 0 aliphatic rings. The zero-order valence-corrected chi connectivity index (χ0v) is 17.7. The van der Waals surface area contributed by atoms with Crippen molar-refractivity contribution >= 4 is 27.7 Å². The highest BCUT2D eigenvalue weighted by atomic mass is 79.9. The van der Waals surface area contributed by atoms with Gasteiger partial charge in [0.25, 0.3) is 11.8 Å². The van der Waals surface area contributed by atoms with Crippen molar-refractivity contribution in [2.24, 2.45) is 0 Å². The molecule has 3 aromatic rings. The van der Waals surface area contributed by atoms with Crippen LogP contribution in [-0.2, 0) is 6.61 Å². The first-order chi connectivity index (χ1) is 14.5. The number of amides is 2. The standard InChI is InChI=1S/C23H21BrN2O4/c24-20-7-3-1-5-17(20)15-30-21-8-4-2-6-19(21)23(29)26-14-13-25-22(28)16-9-11-18(27)12-10-16/h1-12,27H,13-15H2,(H,25,28)(H,26,29). The van der Waals surface area contributed by atoms with Crippen LogP contribution in [0.2, 0.25) is 0 Å². The quantitative estimate of drug-likeness (QED) is 0.437. The van der Waals surface area contributed by atoms with E-state index in [-0.39, 0.29) is 30.7 Å². The molecule has 0 aliphatic heterocycles. The molecule has 3 N–H and O–H groups in total. The Hall–Kier alpha value is -3.32. The van der Waals surface area contributed by atoms with Crippen LogP contribution in [0.5, 0.6) is 11.5 Å². The van der Waals surface area contributed by atoms with Gasteiger partial charge in [-0.25, -0.2) is 0 Å². The fourth-order valence-corrected chi connectivity index (χ4v) is 3.11. The van der Waals surface area contributed by atoms with E-state index in [1.807, 2.05) is 30.3 Å². The van der Waals surface area contributed by atoms with Crippen LogP contribution in [0.1, 0.15) is 26.3 Å². The molecule has 0 aromatic heterocycles. The summed E-state index contributed by atoms with van der Waals surface area (Å²) < 4.78 is 6.80. The van der Waals surface area contributed by atoms with Crippen LogP contribution < -0.4 is 15.4 Å². The van der Waals surface area contributed by atoms with E-state index in [1.54, 1.807) is 18.2 Å². The predicted molar refractivity (Wildman–Crippen MR) is 118 cm³/mol. The number of phenols is 1. The van der Waals surface area contributed by atoms with E-state index in [0.717, 1.165) is 10.0 Å². The van der Waals surface area contributed by atoms with Gasteiger partial charge in [0.1, 0.15) is 18.1 Å². The van der Waals surface area contributed by atoms with Crippen LogP contribution in [-0.4, -0.2) is 30.0 Å². The second-order valence-electron chi connectivity index (χ2n) is 6.43. The average molecular weight is 469 g/mol. The molecule has 6 nitrogen and oxygen atoms in total. The number of nitrogens with one attached hydrogen (secondary N) is 2. The molecular weight excluding hydrogens is 448 g/mol. The molecule has 0 bridgehead atoms. The van der Waals surface area contributed by atoms with Crippen LogP contribution >= 0.6 is 15.9 Å². The van der Waals surface area contributed by atoms with Crippen LogP contribution in [0.25, 0.3) is 0 Å². The molecule has 3 rings (SSSR count). The maximum Gasteiger partial charge on any atom is 0.255 e. The van der Waals surface area contributed by atoms with Crippen LogP contribution in [0, 0.1) is 0 Å². The van der Waals surface area contributed by atoms with E-state index in [2.05, 4.69) is 26.6 Å². The Morgan fingerprint density at radius 2 is 1.47 bits per heavy atom. The van der Waals surface area contributed by atoms with Gasteiger partial charge >= 0.3 is 0 Å². The lowest BCUT2D eigenvalue weighted by Gasteiger charge is -2.13. The zero-order valence-electron chi connectivity index (χ0n) is 16.1. The van der Waals surface area contributed by atoms with E-state index in [4.69, 9.17) is 4.74 Å². The second kappa shape index (κ2) is 10.5. The number of carbonyl (C=O) groups is 2. The van der Waals surface area contributed by atoms with Gasteiger partial charge in [-0.15, -0.1) is 0 Å². The van der Waals surface area contributed by atoms with Crippen LogP contribution in [0.15, 0.2) is 77.3 Å². The summed E-state index contributed by atoms with van der Waals surface area (Å²) in [4.78, 5) is 24.6. The highest BCUT2D eigenvalue weighted by Gasteiger charge is 2.12. The maximum atomic E-state index is 12.6. The Morgan fingerprint density at radius 1 is 0.833 bits per heavy atom. The minimum Gasteiger partial charge on any atom is -0.508 e. The predicted octanol–water partition coefficient (Wildman–Crippen LogP) is 3.89. The highest BCUT2D eigenvalue weighted by molar-refractivity contribution is 9.10. The second-order valence-corrected chi connectivity index (χ2v) is 7.29. The van der Waals surface area contributed by atoms with E-state index in [9.17, 15) is 14.7 Å². The number of carbonyl (C=O) groups excluding carboxylic acids is 2. The molecule has 154 valence electrons. The smallest absolute Gasteiger partial charge is 0.255 e. The third-order valence-corrected chi connectivity index (χ3v) is 5.07. The number of phenolic OH excluding ortho intramolecular Hbond substituents is 1. The van der Waals surface area contributed by atoms with Gasteiger partial charge in [-0.2, -0.15) is 0 Å². The number of hydrogen-bond donors (Lipinski definition) is 3. The van der Waals surface area contributed by atoms with E-state index in [1.165, 1.54) is 24.3 Å². The van der Waals surface area contributed by atoms with Crippen molar-refractivity contribution in [3.05, 3.63) is 94.0 Å². The summed E-state index contributed by atoms with van der Waals surface area (Å²) in [6.45, 7) is 0.862. The van der Waals surface area contributed by atoms with Crippen molar-refractivity contribution in [1.82, 2.24) is 10.6 Å². The average Bonchev–Trinajstić information content (AvgIpc) is 2.76. The number of halogens is 1. The fraction of sp³-hybridized carbons (Fsp3) is 0.130. The molecule has 0 aliphatic carbocycles. The van der Waals surface area contributed by atoms with Gasteiger partial charge in [0, 0.05) is 28.7 Å². The molecule has 0 radical (unpaired) electrons. The van der Waals surface area contributed by atoms with Gasteiger partial charge in [0.15, 0.2) is 0 Å². The first kappa shape index (κ1) is 21.4.